The molecule has 0 saturated carbocycles. The Morgan fingerprint density at radius 1 is 1.45 bits per heavy atom. The van der Waals surface area contributed by atoms with Gasteiger partial charge < -0.3 is 10.1 Å². The van der Waals surface area contributed by atoms with Crippen LogP contribution in [0.3, 0.4) is 0 Å². The van der Waals surface area contributed by atoms with Crippen molar-refractivity contribution >= 4 is 21.6 Å². The molecule has 7 nitrogen and oxygen atoms in total. The molecule has 0 aliphatic rings. The highest BCUT2D eigenvalue weighted by molar-refractivity contribution is 7.22. The highest BCUT2D eigenvalue weighted by Gasteiger charge is 2.13. The Bertz CT molecular complexity index is 850. The number of likely N-dealkylation sites (N-methyl/N-ethyl adjacent to an activating group) is 1. The number of nitrogens with one attached hydrogen (secondary N) is 2. The molecule has 0 aromatic carbocycles. The van der Waals surface area contributed by atoms with E-state index < -0.39 is 0 Å². The van der Waals surface area contributed by atoms with Gasteiger partial charge in [-0.3, -0.25) is 14.8 Å². The molecule has 0 saturated heterocycles. The number of aromatic amines is 2. The average Bonchev–Trinajstić information content (AvgIpc) is 3.10. The smallest absolute Gasteiger partial charge is 0.268 e. The van der Waals surface area contributed by atoms with Gasteiger partial charge in [-0.2, -0.15) is 5.10 Å². The number of aryl methyl sites for hydroxylation is 1. The van der Waals surface area contributed by atoms with Gasteiger partial charge in [0.15, 0.2) is 0 Å². The van der Waals surface area contributed by atoms with Crippen LogP contribution in [0.4, 0.5) is 0 Å². The maximum Gasteiger partial charge on any atom is 0.268 e. The van der Waals surface area contributed by atoms with E-state index in [9.17, 15) is 4.79 Å². The minimum atomic E-state index is -0.121. The van der Waals surface area contributed by atoms with Gasteiger partial charge in [0.05, 0.1) is 18.4 Å². The van der Waals surface area contributed by atoms with Gasteiger partial charge in [0.25, 0.3) is 5.56 Å². The van der Waals surface area contributed by atoms with E-state index in [4.69, 9.17) is 5.11 Å². The number of nitrogens with zero attached hydrogens (tertiary/aromatic N) is 3. The van der Waals surface area contributed by atoms with Gasteiger partial charge in [0, 0.05) is 29.1 Å². The predicted molar refractivity (Wildman–Crippen MR) is 86.0 cm³/mol. The third kappa shape index (κ3) is 2.80. The van der Waals surface area contributed by atoms with Crippen LogP contribution in [0, 0.1) is 6.92 Å². The first-order valence-electron chi connectivity index (χ1n) is 6.91. The van der Waals surface area contributed by atoms with Gasteiger partial charge in [-0.1, -0.05) is 0 Å². The minimum absolute atomic E-state index is 0.0190. The topological polar surface area (TPSA) is 97.9 Å². The molecule has 0 aliphatic heterocycles. The highest BCUT2D eigenvalue weighted by atomic mass is 32.1. The van der Waals surface area contributed by atoms with Crippen LogP contribution in [-0.2, 0) is 6.42 Å². The van der Waals surface area contributed by atoms with Gasteiger partial charge in [0.1, 0.15) is 10.5 Å². The quantitative estimate of drug-likeness (QED) is 0.612. The van der Waals surface area contributed by atoms with Gasteiger partial charge in [0.2, 0.25) is 0 Å². The van der Waals surface area contributed by atoms with Gasteiger partial charge in [-0.15, -0.1) is 11.3 Å². The third-order valence-electron chi connectivity index (χ3n) is 3.50. The molecule has 116 valence electrons. The van der Waals surface area contributed by atoms with Gasteiger partial charge >= 0.3 is 0 Å². The predicted octanol–water partition coefficient (Wildman–Crippen LogP) is 1.11. The molecular formula is C14H17N5O2S. The fourth-order valence-electron chi connectivity index (χ4n) is 2.21. The Hall–Kier alpha value is -2.03. The Labute approximate surface area is 130 Å². The van der Waals surface area contributed by atoms with Crippen molar-refractivity contribution in [3.05, 3.63) is 34.1 Å². The number of aliphatic hydroxyl groups excluding tert-OH is 1. The molecule has 3 aromatic heterocycles. The molecule has 22 heavy (non-hydrogen) atoms. The average molecular weight is 319 g/mol. The summed E-state index contributed by atoms with van der Waals surface area (Å²) in [6.07, 6.45) is 2.34. The van der Waals surface area contributed by atoms with E-state index in [-0.39, 0.29) is 12.3 Å². The zero-order chi connectivity index (χ0) is 15.7. The number of hydrogen-bond donors (Lipinski definition) is 3. The first kappa shape index (κ1) is 14.9. The van der Waals surface area contributed by atoms with E-state index in [1.165, 1.54) is 11.3 Å². The van der Waals surface area contributed by atoms with Crippen LogP contribution in [0.1, 0.15) is 11.5 Å². The lowest BCUT2D eigenvalue weighted by Gasteiger charge is -2.11. The molecule has 3 aromatic rings. The summed E-state index contributed by atoms with van der Waals surface area (Å²) >= 11 is 1.42. The second-order valence-corrected chi connectivity index (χ2v) is 6.27. The summed E-state index contributed by atoms with van der Waals surface area (Å²) in [6.45, 7) is 2.55. The van der Waals surface area contributed by atoms with Crippen molar-refractivity contribution in [2.75, 3.05) is 20.3 Å². The van der Waals surface area contributed by atoms with Crippen molar-refractivity contribution in [1.82, 2.24) is 25.1 Å². The first-order valence-corrected chi connectivity index (χ1v) is 7.72. The van der Waals surface area contributed by atoms with Crippen molar-refractivity contribution in [3.8, 4) is 10.4 Å². The Balaban J connectivity index is 1.96. The molecule has 0 unspecified atom stereocenters. The Kier molecular flexibility index (Phi) is 4.06. The van der Waals surface area contributed by atoms with Crippen molar-refractivity contribution in [2.24, 2.45) is 0 Å². The molecule has 0 atom stereocenters. The van der Waals surface area contributed by atoms with Gasteiger partial charge in [-0.05, 0) is 20.0 Å². The minimum Gasteiger partial charge on any atom is -0.381 e. The Morgan fingerprint density at radius 3 is 2.95 bits per heavy atom. The molecule has 3 N–H and O–H groups in total. The zero-order valence-electron chi connectivity index (χ0n) is 12.4. The van der Waals surface area contributed by atoms with Crippen LogP contribution in [-0.4, -0.2) is 50.5 Å². The number of rotatable bonds is 5. The molecule has 0 fully saturated rings. The van der Waals surface area contributed by atoms with Crippen LogP contribution in [0.2, 0.25) is 0 Å². The largest absolute Gasteiger partial charge is 0.381 e. The lowest BCUT2D eigenvalue weighted by atomic mass is 10.2. The monoisotopic (exact) mass is 319 g/mol. The van der Waals surface area contributed by atoms with Crippen molar-refractivity contribution in [2.45, 2.75) is 13.3 Å². The van der Waals surface area contributed by atoms with Crippen LogP contribution < -0.4 is 5.56 Å². The number of thiophene rings is 1. The van der Waals surface area contributed by atoms with E-state index >= 15 is 0 Å². The number of aromatic nitrogens is 4. The second-order valence-electron chi connectivity index (χ2n) is 5.22. The molecule has 3 rings (SSSR count). The first-order chi connectivity index (χ1) is 10.6. The second kappa shape index (κ2) is 5.99. The van der Waals surface area contributed by atoms with Crippen molar-refractivity contribution in [1.29, 1.82) is 0 Å². The normalized spacial score (nSPS) is 11.6. The summed E-state index contributed by atoms with van der Waals surface area (Å²) in [7, 11) is 1.81. The Morgan fingerprint density at radius 2 is 2.27 bits per heavy atom. The molecule has 3 heterocycles. The summed E-state index contributed by atoms with van der Waals surface area (Å²) in [5.74, 6) is 0.631. The molecule has 0 bridgehead atoms. The summed E-state index contributed by atoms with van der Waals surface area (Å²) in [4.78, 5) is 22.3. The molecule has 0 spiro atoms. The number of H-pyrrole nitrogens is 2. The molecule has 0 aliphatic carbocycles. The SMILES string of the molecule is Cc1[nH]ncc1-c1cc2nc(CCN(C)CO)[nH]c(=O)c2s1. The number of hydrogen-bond acceptors (Lipinski definition) is 6. The van der Waals surface area contributed by atoms with Crippen LogP contribution in [0.5, 0.6) is 0 Å². The molecule has 0 amide bonds. The van der Waals surface area contributed by atoms with Crippen LogP contribution in [0.15, 0.2) is 17.1 Å². The summed E-state index contributed by atoms with van der Waals surface area (Å²) < 4.78 is 0.620. The lowest BCUT2D eigenvalue weighted by molar-refractivity contribution is 0.133. The van der Waals surface area contributed by atoms with E-state index in [0.29, 0.717) is 29.0 Å². The fraction of sp³-hybridized carbons (Fsp3) is 0.357. The van der Waals surface area contributed by atoms with E-state index in [2.05, 4.69) is 20.2 Å². The lowest BCUT2D eigenvalue weighted by Crippen LogP contribution is -2.23. The maximum absolute atomic E-state index is 12.2. The van der Waals surface area contributed by atoms with Crippen molar-refractivity contribution in [3.63, 3.8) is 0 Å². The van der Waals surface area contributed by atoms with E-state index in [0.717, 1.165) is 16.1 Å². The summed E-state index contributed by atoms with van der Waals surface area (Å²) in [6, 6.07) is 1.92. The fourth-order valence-corrected chi connectivity index (χ4v) is 3.27. The standard InChI is InChI=1S/C14H17N5O2S/c1-8-9(6-15-18-8)11-5-10-13(22-11)14(21)17-12(16-10)3-4-19(2)7-20/h5-6,20H,3-4,7H2,1-2H3,(H,15,18)(H,16,17,21). The molecule has 8 heteroatoms. The number of fused-ring (bicyclic) bond motifs is 1. The maximum atomic E-state index is 12.2. The van der Waals surface area contributed by atoms with Crippen LogP contribution in [0.25, 0.3) is 20.7 Å². The summed E-state index contributed by atoms with van der Waals surface area (Å²) in [5.41, 5.74) is 2.53. The van der Waals surface area contributed by atoms with E-state index in [1.54, 1.807) is 18.1 Å². The zero-order valence-corrected chi connectivity index (χ0v) is 13.2. The molecule has 0 radical (unpaired) electrons. The highest BCUT2D eigenvalue weighted by Crippen LogP contribution is 2.31. The van der Waals surface area contributed by atoms with Crippen LogP contribution >= 0.6 is 11.3 Å². The molecular weight excluding hydrogens is 302 g/mol. The van der Waals surface area contributed by atoms with Crippen molar-refractivity contribution < 1.29 is 5.11 Å². The third-order valence-corrected chi connectivity index (χ3v) is 4.66. The number of aliphatic hydroxyl groups is 1. The summed E-state index contributed by atoms with van der Waals surface area (Å²) in [5, 5.41) is 15.9. The van der Waals surface area contributed by atoms with E-state index in [1.807, 2.05) is 13.0 Å². The van der Waals surface area contributed by atoms with Gasteiger partial charge in [-0.25, -0.2) is 4.98 Å².